The molecule has 1 saturated heterocycles. The van der Waals surface area contributed by atoms with Crippen molar-refractivity contribution in [3.8, 4) is 5.75 Å². The Hall–Kier alpha value is -1.17. The highest BCUT2D eigenvalue weighted by Gasteiger charge is 2.24. The van der Waals surface area contributed by atoms with Crippen LogP contribution >= 0.6 is 0 Å². The van der Waals surface area contributed by atoms with Gasteiger partial charge in [-0.25, -0.2) is 4.39 Å². The van der Waals surface area contributed by atoms with Crippen LogP contribution in [0.25, 0.3) is 0 Å². The van der Waals surface area contributed by atoms with E-state index < -0.39 is 0 Å². The number of methoxy groups -OCH3 is 1. The number of aliphatic hydroxyl groups excluding tert-OH is 1. The first-order valence-electron chi connectivity index (χ1n) is 6.15. The number of nitrogens with one attached hydrogen (secondary N) is 1. The maximum atomic E-state index is 14.0. The topological polar surface area (TPSA) is 44.7 Å². The Bertz CT molecular complexity index is 395. The molecule has 5 heteroatoms. The van der Waals surface area contributed by atoms with Gasteiger partial charge in [0, 0.05) is 37.8 Å². The van der Waals surface area contributed by atoms with Crippen LogP contribution in [0.2, 0.25) is 0 Å². The summed E-state index contributed by atoms with van der Waals surface area (Å²) in [5.74, 6) is 0.167. The summed E-state index contributed by atoms with van der Waals surface area (Å²) in [6.45, 7) is 3.29. The molecule has 0 radical (unpaired) electrons. The second-order valence-corrected chi connectivity index (χ2v) is 4.37. The molecule has 1 fully saturated rings. The van der Waals surface area contributed by atoms with Crippen LogP contribution in [0.5, 0.6) is 5.75 Å². The lowest BCUT2D eigenvalue weighted by atomic mass is 10.0. The fraction of sp³-hybridized carbons (Fsp3) is 0.538. The summed E-state index contributed by atoms with van der Waals surface area (Å²) in [6, 6.07) is 4.50. The molecule has 2 N–H and O–H groups in total. The number of aliphatic hydroxyl groups is 1. The molecule has 0 unspecified atom stereocenters. The fourth-order valence-electron chi connectivity index (χ4n) is 2.31. The number of ether oxygens (including phenoxy) is 1. The Balaban J connectivity index is 2.20. The van der Waals surface area contributed by atoms with Gasteiger partial charge in [-0.15, -0.1) is 0 Å². The molecule has 0 saturated carbocycles. The van der Waals surface area contributed by atoms with E-state index in [0.29, 0.717) is 11.3 Å². The van der Waals surface area contributed by atoms with E-state index >= 15 is 0 Å². The molecule has 0 aliphatic carbocycles. The minimum Gasteiger partial charge on any atom is -0.497 e. The van der Waals surface area contributed by atoms with Crippen LogP contribution in [-0.4, -0.2) is 49.9 Å². The van der Waals surface area contributed by atoms with Gasteiger partial charge in [-0.3, -0.25) is 4.90 Å². The zero-order valence-corrected chi connectivity index (χ0v) is 10.5. The second-order valence-electron chi connectivity index (χ2n) is 4.37. The van der Waals surface area contributed by atoms with E-state index in [1.165, 1.54) is 13.2 Å². The number of nitrogens with zero attached hydrogens (tertiary/aromatic N) is 1. The van der Waals surface area contributed by atoms with E-state index in [9.17, 15) is 9.50 Å². The van der Waals surface area contributed by atoms with Crippen LogP contribution in [0, 0.1) is 5.82 Å². The predicted molar refractivity (Wildman–Crippen MR) is 67.2 cm³/mol. The van der Waals surface area contributed by atoms with Gasteiger partial charge in [-0.2, -0.15) is 0 Å². The number of benzene rings is 1. The van der Waals surface area contributed by atoms with Crippen LogP contribution in [0.4, 0.5) is 4.39 Å². The van der Waals surface area contributed by atoms with Gasteiger partial charge in [0.1, 0.15) is 11.6 Å². The summed E-state index contributed by atoms with van der Waals surface area (Å²) in [4.78, 5) is 2.10. The van der Waals surface area contributed by atoms with Gasteiger partial charge in [-0.05, 0) is 6.07 Å². The molecule has 100 valence electrons. The molecular formula is C13H19FN2O2. The van der Waals surface area contributed by atoms with Crippen molar-refractivity contribution in [2.45, 2.75) is 6.04 Å². The number of hydrogen-bond donors (Lipinski definition) is 2. The monoisotopic (exact) mass is 254 g/mol. The Morgan fingerprint density at radius 2 is 2.17 bits per heavy atom. The van der Waals surface area contributed by atoms with E-state index in [4.69, 9.17) is 4.74 Å². The average molecular weight is 254 g/mol. The summed E-state index contributed by atoms with van der Waals surface area (Å²) in [6.07, 6.45) is 0. The number of rotatable bonds is 4. The normalized spacial score (nSPS) is 18.6. The van der Waals surface area contributed by atoms with Crippen molar-refractivity contribution in [2.75, 3.05) is 39.9 Å². The van der Waals surface area contributed by atoms with Crippen molar-refractivity contribution in [1.29, 1.82) is 0 Å². The number of piperazine rings is 1. The van der Waals surface area contributed by atoms with Gasteiger partial charge in [0.25, 0.3) is 0 Å². The minimum atomic E-state index is -0.327. The van der Waals surface area contributed by atoms with Gasteiger partial charge < -0.3 is 15.2 Å². The molecule has 1 aliphatic heterocycles. The standard InChI is InChI=1S/C13H19FN2O2/c1-18-10-2-3-11(12(14)8-10)13(9-17)16-6-4-15-5-7-16/h2-3,8,13,15,17H,4-7,9H2,1H3/t13-/m1/s1. The first kappa shape index (κ1) is 13.3. The third kappa shape index (κ3) is 2.80. The third-order valence-electron chi connectivity index (χ3n) is 3.33. The van der Waals surface area contributed by atoms with Gasteiger partial charge in [0.15, 0.2) is 0 Å². The highest BCUT2D eigenvalue weighted by molar-refractivity contribution is 5.31. The Morgan fingerprint density at radius 3 is 2.72 bits per heavy atom. The van der Waals surface area contributed by atoms with Gasteiger partial charge in [0.2, 0.25) is 0 Å². The Kier molecular flexibility index (Phi) is 4.52. The first-order chi connectivity index (χ1) is 8.76. The quantitative estimate of drug-likeness (QED) is 0.833. The molecule has 1 atom stereocenters. The zero-order valence-electron chi connectivity index (χ0n) is 10.5. The van der Waals surface area contributed by atoms with E-state index in [2.05, 4.69) is 10.2 Å². The smallest absolute Gasteiger partial charge is 0.131 e. The number of halogens is 1. The summed E-state index contributed by atoms with van der Waals surface area (Å²) >= 11 is 0. The maximum absolute atomic E-state index is 14.0. The largest absolute Gasteiger partial charge is 0.497 e. The lowest BCUT2D eigenvalue weighted by molar-refractivity contribution is 0.108. The number of hydrogen-bond acceptors (Lipinski definition) is 4. The molecule has 2 rings (SSSR count). The molecule has 0 bridgehead atoms. The predicted octanol–water partition coefficient (Wildman–Crippen LogP) is 0.773. The van der Waals surface area contributed by atoms with Crippen molar-refractivity contribution in [1.82, 2.24) is 10.2 Å². The van der Waals surface area contributed by atoms with E-state index in [0.717, 1.165) is 26.2 Å². The summed E-state index contributed by atoms with van der Waals surface area (Å²) < 4.78 is 19.0. The fourth-order valence-corrected chi connectivity index (χ4v) is 2.31. The molecule has 1 aliphatic rings. The Labute approximate surface area is 106 Å². The van der Waals surface area contributed by atoms with E-state index in [1.807, 2.05) is 0 Å². The molecule has 1 aromatic rings. The van der Waals surface area contributed by atoms with Crippen LogP contribution in [0.3, 0.4) is 0 Å². The molecule has 18 heavy (non-hydrogen) atoms. The van der Waals surface area contributed by atoms with Crippen molar-refractivity contribution < 1.29 is 14.2 Å². The van der Waals surface area contributed by atoms with Gasteiger partial charge >= 0.3 is 0 Å². The van der Waals surface area contributed by atoms with Crippen molar-refractivity contribution >= 4 is 0 Å². The van der Waals surface area contributed by atoms with E-state index in [-0.39, 0.29) is 18.5 Å². The minimum absolute atomic E-state index is 0.0801. The molecule has 0 spiro atoms. The van der Waals surface area contributed by atoms with Crippen LogP contribution < -0.4 is 10.1 Å². The molecule has 0 aromatic heterocycles. The maximum Gasteiger partial charge on any atom is 0.131 e. The molecule has 1 aromatic carbocycles. The molecule has 4 nitrogen and oxygen atoms in total. The lowest BCUT2D eigenvalue weighted by Gasteiger charge is -2.34. The average Bonchev–Trinajstić information content (AvgIpc) is 2.42. The first-order valence-corrected chi connectivity index (χ1v) is 6.15. The van der Waals surface area contributed by atoms with Gasteiger partial charge in [0.05, 0.1) is 19.8 Å². The lowest BCUT2D eigenvalue weighted by Crippen LogP contribution is -2.46. The van der Waals surface area contributed by atoms with Crippen molar-refractivity contribution in [2.24, 2.45) is 0 Å². The van der Waals surface area contributed by atoms with Crippen molar-refractivity contribution in [3.05, 3.63) is 29.6 Å². The Morgan fingerprint density at radius 1 is 1.44 bits per heavy atom. The highest BCUT2D eigenvalue weighted by Crippen LogP contribution is 2.26. The second kappa shape index (κ2) is 6.13. The third-order valence-corrected chi connectivity index (χ3v) is 3.33. The summed E-state index contributed by atoms with van der Waals surface area (Å²) in [5, 5.41) is 12.8. The van der Waals surface area contributed by atoms with Gasteiger partial charge in [-0.1, -0.05) is 6.07 Å². The van der Waals surface area contributed by atoms with Crippen LogP contribution in [-0.2, 0) is 0 Å². The van der Waals surface area contributed by atoms with Crippen LogP contribution in [0.1, 0.15) is 11.6 Å². The molecule has 0 amide bonds. The summed E-state index contributed by atoms with van der Waals surface area (Å²) in [5.41, 5.74) is 0.528. The van der Waals surface area contributed by atoms with Crippen LogP contribution in [0.15, 0.2) is 18.2 Å². The molecule has 1 heterocycles. The SMILES string of the molecule is COc1ccc([C@@H](CO)N2CCNCC2)c(F)c1. The van der Waals surface area contributed by atoms with Crippen molar-refractivity contribution in [3.63, 3.8) is 0 Å². The van der Waals surface area contributed by atoms with E-state index in [1.54, 1.807) is 12.1 Å². The zero-order chi connectivity index (χ0) is 13.0. The summed E-state index contributed by atoms with van der Waals surface area (Å²) in [7, 11) is 1.51. The highest BCUT2D eigenvalue weighted by atomic mass is 19.1. The molecular weight excluding hydrogens is 235 g/mol.